The summed E-state index contributed by atoms with van der Waals surface area (Å²) < 4.78 is 6.66. The fourth-order valence-electron chi connectivity index (χ4n) is 5.70. The average Bonchev–Trinajstić information content (AvgIpc) is 2.70. The molecule has 5 atom stereocenters. The molecule has 2 unspecified atom stereocenters. The Kier molecular flexibility index (Phi) is 10.0. The van der Waals surface area contributed by atoms with E-state index in [1.54, 1.807) is 0 Å². The summed E-state index contributed by atoms with van der Waals surface area (Å²) in [7, 11) is 0. The maximum atomic E-state index is 10.4. The highest BCUT2D eigenvalue weighted by Crippen LogP contribution is 2.48. The molecule has 0 aromatic rings. The molecule has 1 aliphatic heterocycles. The average molecular weight is 433 g/mol. The third-order valence-electron chi connectivity index (χ3n) is 8.30. The van der Waals surface area contributed by atoms with E-state index in [2.05, 4.69) is 48.5 Å². The Morgan fingerprint density at radius 3 is 2.03 bits per heavy atom. The van der Waals surface area contributed by atoms with Crippen molar-refractivity contribution in [3.63, 3.8) is 0 Å². The Morgan fingerprint density at radius 2 is 1.45 bits per heavy atom. The van der Waals surface area contributed by atoms with Crippen molar-refractivity contribution in [2.45, 2.75) is 132 Å². The van der Waals surface area contributed by atoms with Gasteiger partial charge < -0.3 is 9.84 Å². The number of hydrogen-bond donors (Lipinski definition) is 1. The van der Waals surface area contributed by atoms with Crippen LogP contribution in [0.25, 0.3) is 0 Å². The van der Waals surface area contributed by atoms with E-state index in [-0.39, 0.29) is 11.5 Å². The van der Waals surface area contributed by atoms with Crippen molar-refractivity contribution in [3.8, 4) is 0 Å². The summed E-state index contributed by atoms with van der Waals surface area (Å²) in [5.41, 5.74) is 2.16. The first-order valence-corrected chi connectivity index (χ1v) is 13.3. The molecule has 0 spiro atoms. The smallest absolute Gasteiger partial charge is 0.106 e. The molecule has 0 bridgehead atoms. The van der Waals surface area contributed by atoms with Gasteiger partial charge >= 0.3 is 0 Å². The summed E-state index contributed by atoms with van der Waals surface area (Å²) >= 11 is 0. The molecule has 1 aliphatic carbocycles. The van der Waals surface area contributed by atoms with Gasteiger partial charge in [0, 0.05) is 11.8 Å². The topological polar surface area (TPSA) is 29.5 Å². The van der Waals surface area contributed by atoms with Crippen LogP contribution in [0.3, 0.4) is 0 Å². The Balaban J connectivity index is 1.71. The fourth-order valence-corrected chi connectivity index (χ4v) is 5.70. The van der Waals surface area contributed by atoms with E-state index in [1.165, 1.54) is 56.9 Å². The molecule has 180 valence electrons. The second kappa shape index (κ2) is 11.8. The SMILES string of the molecule is CC1=C(O)C(C)C2CC[C@@](C)(CCC[C@H](C)CCC[C@H](C)CCCC(C)C)OC2=C1C. The first kappa shape index (κ1) is 26.3. The van der Waals surface area contributed by atoms with E-state index >= 15 is 0 Å². The summed E-state index contributed by atoms with van der Waals surface area (Å²) in [6.07, 6.45) is 14.3. The third-order valence-corrected chi connectivity index (χ3v) is 8.30. The van der Waals surface area contributed by atoms with Gasteiger partial charge in [0.2, 0.25) is 0 Å². The molecule has 0 aromatic carbocycles. The van der Waals surface area contributed by atoms with Crippen molar-refractivity contribution < 1.29 is 9.84 Å². The molecule has 2 rings (SSSR count). The van der Waals surface area contributed by atoms with Gasteiger partial charge in [0.25, 0.3) is 0 Å². The van der Waals surface area contributed by atoms with Crippen LogP contribution in [0.1, 0.15) is 126 Å². The number of rotatable bonds is 12. The lowest BCUT2D eigenvalue weighted by Crippen LogP contribution is -2.39. The molecular formula is C29H52O2. The molecule has 1 N–H and O–H groups in total. The Hall–Kier alpha value is -0.920. The maximum Gasteiger partial charge on any atom is 0.106 e. The van der Waals surface area contributed by atoms with E-state index in [0.29, 0.717) is 11.7 Å². The van der Waals surface area contributed by atoms with Crippen molar-refractivity contribution in [1.82, 2.24) is 0 Å². The molecule has 0 radical (unpaired) electrons. The summed E-state index contributed by atoms with van der Waals surface area (Å²) in [5.74, 6) is 4.84. The number of fused-ring (bicyclic) bond motifs is 1. The minimum absolute atomic E-state index is 0.0370. The van der Waals surface area contributed by atoms with Gasteiger partial charge in [-0.3, -0.25) is 0 Å². The molecule has 0 amide bonds. The lowest BCUT2D eigenvalue weighted by atomic mass is 9.74. The minimum atomic E-state index is -0.0370. The number of hydrogen-bond acceptors (Lipinski definition) is 2. The zero-order chi connectivity index (χ0) is 23.2. The first-order chi connectivity index (χ1) is 14.5. The second-order valence-corrected chi connectivity index (χ2v) is 11.8. The van der Waals surface area contributed by atoms with Gasteiger partial charge in [-0.25, -0.2) is 0 Å². The zero-order valence-corrected chi connectivity index (χ0v) is 22.0. The molecule has 0 saturated carbocycles. The van der Waals surface area contributed by atoms with Crippen LogP contribution in [0, 0.1) is 29.6 Å². The van der Waals surface area contributed by atoms with Crippen molar-refractivity contribution in [3.05, 3.63) is 22.7 Å². The van der Waals surface area contributed by atoms with Crippen LogP contribution >= 0.6 is 0 Å². The van der Waals surface area contributed by atoms with Gasteiger partial charge in [0.15, 0.2) is 0 Å². The summed E-state index contributed by atoms with van der Waals surface area (Å²) in [6, 6.07) is 0. The van der Waals surface area contributed by atoms with Crippen molar-refractivity contribution in [2.24, 2.45) is 29.6 Å². The highest BCUT2D eigenvalue weighted by molar-refractivity contribution is 5.39. The standard InChI is InChI=1S/C29H52O2/c1-20(2)12-9-13-21(3)14-10-15-22(4)16-11-18-29(8)19-17-26-25(7)27(30)23(5)24(6)28(26)31-29/h20-22,25-26,30H,9-19H2,1-8H3/t21-,22-,25?,26?,29-/m1/s1. The van der Waals surface area contributed by atoms with Crippen LogP contribution in [0.15, 0.2) is 22.7 Å². The van der Waals surface area contributed by atoms with Crippen molar-refractivity contribution in [2.75, 3.05) is 0 Å². The highest BCUT2D eigenvalue weighted by atomic mass is 16.5. The Labute approximate surface area is 193 Å². The summed E-state index contributed by atoms with van der Waals surface area (Å²) in [5, 5.41) is 10.4. The van der Waals surface area contributed by atoms with Crippen LogP contribution in [0.5, 0.6) is 0 Å². The molecule has 1 heterocycles. The number of ether oxygens (including phenoxy) is 1. The lowest BCUT2D eigenvalue weighted by Gasteiger charge is -2.45. The van der Waals surface area contributed by atoms with Gasteiger partial charge in [-0.2, -0.15) is 0 Å². The van der Waals surface area contributed by atoms with Gasteiger partial charge in [-0.15, -0.1) is 0 Å². The second-order valence-electron chi connectivity index (χ2n) is 11.8. The van der Waals surface area contributed by atoms with Gasteiger partial charge in [-0.05, 0) is 75.4 Å². The summed E-state index contributed by atoms with van der Waals surface area (Å²) in [6.45, 7) is 18.2. The first-order valence-electron chi connectivity index (χ1n) is 13.3. The number of aliphatic hydroxyl groups excluding tert-OH is 1. The minimum Gasteiger partial charge on any atom is -0.512 e. The van der Waals surface area contributed by atoms with Gasteiger partial charge in [0.1, 0.15) is 11.4 Å². The highest BCUT2D eigenvalue weighted by Gasteiger charge is 2.42. The van der Waals surface area contributed by atoms with E-state index < -0.39 is 0 Å². The largest absolute Gasteiger partial charge is 0.512 e. The van der Waals surface area contributed by atoms with Crippen molar-refractivity contribution in [1.29, 1.82) is 0 Å². The Morgan fingerprint density at radius 1 is 0.903 bits per heavy atom. The summed E-state index contributed by atoms with van der Waals surface area (Å²) in [4.78, 5) is 0. The van der Waals surface area contributed by atoms with Crippen LogP contribution < -0.4 is 0 Å². The molecule has 31 heavy (non-hydrogen) atoms. The molecule has 1 saturated heterocycles. The fraction of sp³-hybridized carbons (Fsp3) is 0.862. The number of allylic oxidation sites excluding steroid dienone is 4. The molecule has 2 aliphatic rings. The number of aliphatic hydroxyl groups is 1. The molecule has 0 aromatic heterocycles. The van der Waals surface area contributed by atoms with Crippen molar-refractivity contribution >= 4 is 0 Å². The predicted octanol–water partition coefficient (Wildman–Crippen LogP) is 9.37. The zero-order valence-electron chi connectivity index (χ0n) is 22.0. The van der Waals surface area contributed by atoms with Crippen LogP contribution in [0.4, 0.5) is 0 Å². The molecule has 1 fully saturated rings. The molecular weight excluding hydrogens is 380 g/mol. The maximum absolute atomic E-state index is 10.4. The lowest BCUT2D eigenvalue weighted by molar-refractivity contribution is -0.0570. The monoisotopic (exact) mass is 432 g/mol. The van der Waals surface area contributed by atoms with E-state index in [9.17, 15) is 5.11 Å². The molecule has 2 heteroatoms. The predicted molar refractivity (Wildman–Crippen MR) is 134 cm³/mol. The van der Waals surface area contributed by atoms with Gasteiger partial charge in [0.05, 0.1) is 5.76 Å². The van der Waals surface area contributed by atoms with Gasteiger partial charge in [-0.1, -0.05) is 79.6 Å². The van der Waals surface area contributed by atoms with E-state index in [1.807, 2.05) is 6.92 Å². The molecule has 2 nitrogen and oxygen atoms in total. The van der Waals surface area contributed by atoms with E-state index in [0.717, 1.165) is 48.3 Å². The Bertz CT molecular complexity index is 629. The quantitative estimate of drug-likeness (QED) is 0.333. The third kappa shape index (κ3) is 7.57. The van der Waals surface area contributed by atoms with Crippen LogP contribution in [-0.2, 0) is 4.74 Å². The van der Waals surface area contributed by atoms with Crippen LogP contribution in [-0.4, -0.2) is 10.7 Å². The normalized spacial score (nSPS) is 28.5. The van der Waals surface area contributed by atoms with Crippen LogP contribution in [0.2, 0.25) is 0 Å². The van der Waals surface area contributed by atoms with E-state index in [4.69, 9.17) is 4.74 Å².